The molecule has 1 saturated heterocycles. The molecule has 1 aliphatic rings. The molecular weight excluding hydrogens is 451 g/mol. The molecular formula is C27H25FN2O5. The van der Waals surface area contributed by atoms with Crippen LogP contribution >= 0.6 is 0 Å². The molecule has 0 aliphatic carbocycles. The second-order valence-electron chi connectivity index (χ2n) is 8.07. The Morgan fingerprint density at radius 3 is 2.31 bits per heavy atom. The van der Waals surface area contributed by atoms with Crippen molar-refractivity contribution in [2.75, 3.05) is 25.7 Å². The van der Waals surface area contributed by atoms with Gasteiger partial charge < -0.3 is 14.4 Å². The van der Waals surface area contributed by atoms with Crippen molar-refractivity contribution >= 4 is 23.4 Å². The van der Waals surface area contributed by atoms with E-state index in [4.69, 9.17) is 9.47 Å². The quantitative estimate of drug-likeness (QED) is 0.462. The van der Waals surface area contributed by atoms with Crippen molar-refractivity contribution in [3.8, 4) is 11.5 Å². The third kappa shape index (κ3) is 5.01. The highest BCUT2D eigenvalue weighted by molar-refractivity contribution is 6.23. The molecule has 0 N–H and O–H groups in total. The van der Waals surface area contributed by atoms with Gasteiger partial charge in [-0.05, 0) is 54.4 Å². The number of benzene rings is 3. The second-order valence-corrected chi connectivity index (χ2v) is 8.07. The van der Waals surface area contributed by atoms with Gasteiger partial charge >= 0.3 is 0 Å². The first-order valence-corrected chi connectivity index (χ1v) is 11.1. The van der Waals surface area contributed by atoms with E-state index in [0.29, 0.717) is 23.5 Å². The maximum atomic E-state index is 13.7. The Morgan fingerprint density at radius 2 is 1.66 bits per heavy atom. The van der Waals surface area contributed by atoms with E-state index in [1.165, 1.54) is 43.4 Å². The van der Waals surface area contributed by atoms with Crippen molar-refractivity contribution in [1.29, 1.82) is 0 Å². The van der Waals surface area contributed by atoms with Crippen LogP contribution in [0.15, 0.2) is 72.8 Å². The SMILES string of the molecule is COc1ccc(C(=O)N(CCc2ccccc2)C2CC(=O)N(c3ccc(F)cc3)C2=O)cc1OC. The number of carbonyl (C=O) groups excluding carboxylic acids is 3. The van der Waals surface area contributed by atoms with E-state index in [1.54, 1.807) is 18.2 Å². The van der Waals surface area contributed by atoms with E-state index >= 15 is 0 Å². The molecule has 1 aliphatic heterocycles. The summed E-state index contributed by atoms with van der Waals surface area (Å²) in [6.07, 6.45) is 0.332. The molecule has 0 bridgehead atoms. The number of amides is 3. The summed E-state index contributed by atoms with van der Waals surface area (Å²) in [7, 11) is 2.97. The topological polar surface area (TPSA) is 76.2 Å². The summed E-state index contributed by atoms with van der Waals surface area (Å²) in [5, 5.41) is 0. The molecule has 1 heterocycles. The summed E-state index contributed by atoms with van der Waals surface area (Å²) < 4.78 is 24.0. The summed E-state index contributed by atoms with van der Waals surface area (Å²) in [5.41, 5.74) is 1.56. The van der Waals surface area contributed by atoms with Crippen molar-refractivity contribution in [2.24, 2.45) is 0 Å². The fraction of sp³-hybridized carbons (Fsp3) is 0.222. The lowest BCUT2D eigenvalue weighted by atomic mass is 10.1. The lowest BCUT2D eigenvalue weighted by molar-refractivity contribution is -0.122. The minimum atomic E-state index is -0.989. The number of rotatable bonds is 8. The third-order valence-electron chi connectivity index (χ3n) is 5.96. The van der Waals surface area contributed by atoms with E-state index in [1.807, 2.05) is 30.3 Å². The van der Waals surface area contributed by atoms with Crippen LogP contribution < -0.4 is 14.4 Å². The monoisotopic (exact) mass is 476 g/mol. The van der Waals surface area contributed by atoms with E-state index in [-0.39, 0.29) is 18.7 Å². The summed E-state index contributed by atoms with van der Waals surface area (Å²) in [5.74, 6) is -1.01. The van der Waals surface area contributed by atoms with Crippen LogP contribution in [0.1, 0.15) is 22.3 Å². The summed E-state index contributed by atoms with van der Waals surface area (Å²) in [4.78, 5) is 42.3. The lowest BCUT2D eigenvalue weighted by Crippen LogP contribution is -2.46. The fourth-order valence-electron chi connectivity index (χ4n) is 4.15. The highest BCUT2D eigenvalue weighted by Gasteiger charge is 2.44. The maximum absolute atomic E-state index is 13.7. The highest BCUT2D eigenvalue weighted by Crippen LogP contribution is 2.30. The Hall–Kier alpha value is -4.20. The van der Waals surface area contributed by atoms with Crippen LogP contribution in [0.2, 0.25) is 0 Å². The molecule has 0 spiro atoms. The predicted octanol–water partition coefficient (Wildman–Crippen LogP) is 3.86. The molecule has 35 heavy (non-hydrogen) atoms. The van der Waals surface area contributed by atoms with Gasteiger partial charge in [0, 0.05) is 12.1 Å². The molecule has 3 aromatic rings. The van der Waals surface area contributed by atoms with Gasteiger partial charge in [0.25, 0.3) is 11.8 Å². The van der Waals surface area contributed by atoms with E-state index < -0.39 is 29.6 Å². The zero-order valence-corrected chi connectivity index (χ0v) is 19.4. The maximum Gasteiger partial charge on any atom is 0.257 e. The van der Waals surface area contributed by atoms with Crippen LogP contribution in [0.25, 0.3) is 0 Å². The normalized spacial score (nSPS) is 15.3. The van der Waals surface area contributed by atoms with Gasteiger partial charge in [0.15, 0.2) is 11.5 Å². The van der Waals surface area contributed by atoms with Gasteiger partial charge in [-0.25, -0.2) is 9.29 Å². The van der Waals surface area contributed by atoms with E-state index in [0.717, 1.165) is 10.5 Å². The van der Waals surface area contributed by atoms with Gasteiger partial charge in [0.2, 0.25) is 5.91 Å². The Kier molecular flexibility index (Phi) is 7.10. The van der Waals surface area contributed by atoms with Gasteiger partial charge in [-0.3, -0.25) is 14.4 Å². The molecule has 180 valence electrons. The van der Waals surface area contributed by atoms with Crippen LogP contribution in [-0.2, 0) is 16.0 Å². The smallest absolute Gasteiger partial charge is 0.257 e. The zero-order valence-electron chi connectivity index (χ0n) is 19.4. The van der Waals surface area contributed by atoms with Gasteiger partial charge in [-0.1, -0.05) is 30.3 Å². The minimum Gasteiger partial charge on any atom is -0.493 e. The zero-order chi connectivity index (χ0) is 24.9. The van der Waals surface area contributed by atoms with Crippen LogP contribution in [0.4, 0.5) is 10.1 Å². The molecule has 0 radical (unpaired) electrons. The number of anilines is 1. The average molecular weight is 477 g/mol. The largest absolute Gasteiger partial charge is 0.493 e. The number of methoxy groups -OCH3 is 2. The molecule has 1 fully saturated rings. The molecule has 7 nitrogen and oxygen atoms in total. The first kappa shape index (κ1) is 23.9. The number of imide groups is 1. The van der Waals surface area contributed by atoms with Gasteiger partial charge in [0.1, 0.15) is 11.9 Å². The third-order valence-corrected chi connectivity index (χ3v) is 5.96. The predicted molar refractivity (Wildman–Crippen MR) is 128 cm³/mol. The first-order chi connectivity index (χ1) is 16.9. The molecule has 1 unspecified atom stereocenters. The molecule has 0 saturated carbocycles. The van der Waals surface area contributed by atoms with Crippen molar-refractivity contribution < 1.29 is 28.2 Å². The Bertz CT molecular complexity index is 1230. The lowest BCUT2D eigenvalue weighted by Gasteiger charge is -2.28. The number of nitrogens with zero attached hydrogens (tertiary/aromatic N) is 2. The standard InChI is InChI=1S/C27H25FN2O5/c1-34-23-13-8-19(16-24(23)35-2)26(32)29(15-14-18-6-4-3-5-7-18)22-17-25(31)30(27(22)33)21-11-9-20(28)10-12-21/h3-13,16,22H,14-15,17H2,1-2H3. The number of hydrogen-bond donors (Lipinski definition) is 0. The van der Waals surface area contributed by atoms with Crippen molar-refractivity contribution in [3.05, 3.63) is 89.7 Å². The Morgan fingerprint density at radius 1 is 0.971 bits per heavy atom. The van der Waals surface area contributed by atoms with Crippen molar-refractivity contribution in [1.82, 2.24) is 4.90 Å². The molecule has 3 amide bonds. The molecule has 3 aromatic carbocycles. The van der Waals surface area contributed by atoms with Crippen LogP contribution in [-0.4, -0.2) is 49.4 Å². The molecule has 1 atom stereocenters. The van der Waals surface area contributed by atoms with E-state index in [9.17, 15) is 18.8 Å². The van der Waals surface area contributed by atoms with Crippen molar-refractivity contribution in [2.45, 2.75) is 18.9 Å². The average Bonchev–Trinajstić information content (AvgIpc) is 3.18. The number of carbonyl (C=O) groups is 3. The number of ether oxygens (including phenoxy) is 2. The second kappa shape index (κ2) is 10.4. The summed E-state index contributed by atoms with van der Waals surface area (Å²) in [6.45, 7) is 0.220. The Labute approximate surface area is 202 Å². The Balaban J connectivity index is 1.66. The van der Waals surface area contributed by atoms with Crippen LogP contribution in [0.3, 0.4) is 0 Å². The van der Waals surface area contributed by atoms with Gasteiger partial charge in [-0.2, -0.15) is 0 Å². The van der Waals surface area contributed by atoms with Gasteiger partial charge in [0.05, 0.1) is 26.3 Å². The van der Waals surface area contributed by atoms with Gasteiger partial charge in [-0.15, -0.1) is 0 Å². The number of hydrogen-bond acceptors (Lipinski definition) is 5. The fourth-order valence-corrected chi connectivity index (χ4v) is 4.15. The van der Waals surface area contributed by atoms with E-state index in [2.05, 4.69) is 0 Å². The first-order valence-electron chi connectivity index (χ1n) is 11.1. The van der Waals surface area contributed by atoms with Crippen molar-refractivity contribution in [3.63, 3.8) is 0 Å². The molecule has 0 aromatic heterocycles. The highest BCUT2D eigenvalue weighted by atomic mass is 19.1. The van der Waals surface area contributed by atoms with Crippen LogP contribution in [0, 0.1) is 5.82 Å². The molecule has 8 heteroatoms. The summed E-state index contributed by atoms with van der Waals surface area (Å²) in [6, 6.07) is 18.5. The summed E-state index contributed by atoms with van der Waals surface area (Å²) >= 11 is 0. The number of halogens is 1. The minimum absolute atomic E-state index is 0.163. The van der Waals surface area contributed by atoms with Crippen LogP contribution in [0.5, 0.6) is 11.5 Å². The molecule has 4 rings (SSSR count).